The Kier molecular flexibility index (Phi) is 2.72. The molecule has 0 aliphatic heterocycles. The Hall–Kier alpha value is -1.03. The number of anilines is 1. The molecule has 2 rings (SSSR count). The molecule has 0 bridgehead atoms. The van der Waals surface area contributed by atoms with Crippen molar-refractivity contribution in [1.29, 1.82) is 0 Å². The van der Waals surface area contributed by atoms with Gasteiger partial charge in [0.2, 0.25) is 0 Å². The predicted octanol–water partition coefficient (Wildman–Crippen LogP) is 3.54. The fraction of sp³-hybridized carbons (Fsp3) is 0. The maximum Gasteiger partial charge on any atom is 0.0529 e. The van der Waals surface area contributed by atoms with Crippen molar-refractivity contribution in [3.05, 3.63) is 52.1 Å². The lowest BCUT2D eigenvalue weighted by Gasteiger charge is -2.06. The maximum atomic E-state index is 6.01. The summed E-state index contributed by atoms with van der Waals surface area (Å²) in [6.45, 7) is 0. The van der Waals surface area contributed by atoms with Crippen LogP contribution in [-0.2, 0) is 0 Å². The van der Waals surface area contributed by atoms with Gasteiger partial charge in [-0.3, -0.25) is 0 Å². The van der Waals surface area contributed by atoms with Gasteiger partial charge in [0.25, 0.3) is 0 Å². The fourth-order valence-corrected chi connectivity index (χ4v) is 1.90. The number of benzene rings is 2. The van der Waals surface area contributed by atoms with Crippen molar-refractivity contribution in [2.75, 3.05) is 5.73 Å². The van der Waals surface area contributed by atoms with Crippen LogP contribution in [0.15, 0.2) is 48.5 Å². The summed E-state index contributed by atoms with van der Waals surface area (Å²) in [4.78, 5) is 0. The first kappa shape index (κ1) is 9.52. The van der Waals surface area contributed by atoms with Gasteiger partial charge < -0.3 is 5.73 Å². The average Bonchev–Trinajstić information content (AvgIpc) is 2.23. The van der Waals surface area contributed by atoms with Crippen molar-refractivity contribution in [3.63, 3.8) is 0 Å². The van der Waals surface area contributed by atoms with Crippen molar-refractivity contribution in [2.45, 2.75) is 0 Å². The quantitative estimate of drug-likeness (QED) is 0.632. The normalized spacial score (nSPS) is 10.1. The number of para-hydroxylation sites is 1. The van der Waals surface area contributed by atoms with Gasteiger partial charge in [0.05, 0.1) is 5.69 Å². The van der Waals surface area contributed by atoms with Crippen molar-refractivity contribution in [3.8, 4) is 11.1 Å². The lowest BCUT2D eigenvalue weighted by atomic mass is 10.0. The van der Waals surface area contributed by atoms with Crippen LogP contribution in [0, 0.1) is 3.57 Å². The molecule has 14 heavy (non-hydrogen) atoms. The molecular formula is C12H10IN. The Balaban J connectivity index is 2.58. The predicted molar refractivity (Wildman–Crippen MR) is 69.0 cm³/mol. The largest absolute Gasteiger partial charge is 0.397 e. The molecule has 2 aromatic rings. The van der Waals surface area contributed by atoms with Crippen molar-refractivity contribution >= 4 is 28.3 Å². The van der Waals surface area contributed by atoms with E-state index in [1.165, 1.54) is 5.56 Å². The Bertz CT molecular complexity index is 437. The Morgan fingerprint density at radius 3 is 2.29 bits per heavy atom. The Labute approximate surface area is 97.1 Å². The van der Waals surface area contributed by atoms with E-state index in [4.69, 9.17) is 5.73 Å². The number of nitrogen functional groups attached to an aromatic ring is 1. The van der Waals surface area contributed by atoms with Gasteiger partial charge in [-0.2, -0.15) is 0 Å². The standard InChI is InChI=1S/C12H10IN/c13-11-8-4-7-10(12(11)14)9-5-2-1-3-6-9/h1-8H,14H2. The number of halogens is 1. The van der Waals surface area contributed by atoms with Crippen LogP contribution in [0.4, 0.5) is 5.69 Å². The van der Waals surface area contributed by atoms with Gasteiger partial charge in [-0.05, 0) is 34.2 Å². The second kappa shape index (κ2) is 4.00. The molecule has 0 saturated heterocycles. The molecule has 70 valence electrons. The molecule has 0 heterocycles. The van der Waals surface area contributed by atoms with Gasteiger partial charge in [0, 0.05) is 9.13 Å². The van der Waals surface area contributed by atoms with Crippen LogP contribution in [0.3, 0.4) is 0 Å². The molecule has 0 amide bonds. The number of hydrogen-bond acceptors (Lipinski definition) is 1. The summed E-state index contributed by atoms with van der Waals surface area (Å²) in [6, 6.07) is 16.3. The molecule has 0 aliphatic rings. The molecule has 0 radical (unpaired) electrons. The second-order valence-electron chi connectivity index (χ2n) is 3.07. The van der Waals surface area contributed by atoms with E-state index in [1.807, 2.05) is 36.4 Å². The molecule has 2 aromatic carbocycles. The molecule has 0 aromatic heterocycles. The van der Waals surface area contributed by atoms with Crippen LogP contribution < -0.4 is 5.73 Å². The molecule has 0 spiro atoms. The molecule has 0 fully saturated rings. The summed E-state index contributed by atoms with van der Waals surface area (Å²) in [5.41, 5.74) is 9.15. The third-order valence-corrected chi connectivity index (χ3v) is 3.08. The highest BCUT2D eigenvalue weighted by Gasteiger charge is 2.03. The first-order valence-electron chi connectivity index (χ1n) is 4.38. The molecule has 0 atom stereocenters. The van der Waals surface area contributed by atoms with Crippen molar-refractivity contribution < 1.29 is 0 Å². The van der Waals surface area contributed by atoms with E-state index in [2.05, 4.69) is 34.7 Å². The van der Waals surface area contributed by atoms with Gasteiger partial charge in [-0.15, -0.1) is 0 Å². The van der Waals surface area contributed by atoms with E-state index in [1.54, 1.807) is 0 Å². The van der Waals surface area contributed by atoms with E-state index in [-0.39, 0.29) is 0 Å². The average molecular weight is 295 g/mol. The second-order valence-corrected chi connectivity index (χ2v) is 4.23. The molecule has 0 unspecified atom stereocenters. The third kappa shape index (κ3) is 1.75. The van der Waals surface area contributed by atoms with Crippen molar-refractivity contribution in [2.24, 2.45) is 0 Å². The number of rotatable bonds is 1. The van der Waals surface area contributed by atoms with Gasteiger partial charge in [0.15, 0.2) is 0 Å². The molecule has 1 nitrogen and oxygen atoms in total. The smallest absolute Gasteiger partial charge is 0.0529 e. The van der Waals surface area contributed by atoms with Crippen LogP contribution in [0.25, 0.3) is 11.1 Å². The first-order chi connectivity index (χ1) is 6.79. The molecule has 2 N–H and O–H groups in total. The van der Waals surface area contributed by atoms with Crippen LogP contribution in [0.2, 0.25) is 0 Å². The minimum Gasteiger partial charge on any atom is -0.397 e. The van der Waals surface area contributed by atoms with Crippen LogP contribution in [0.5, 0.6) is 0 Å². The first-order valence-corrected chi connectivity index (χ1v) is 5.46. The summed E-state index contributed by atoms with van der Waals surface area (Å²) >= 11 is 2.25. The van der Waals surface area contributed by atoms with Crippen LogP contribution >= 0.6 is 22.6 Å². The van der Waals surface area contributed by atoms with Crippen LogP contribution in [0.1, 0.15) is 0 Å². The SMILES string of the molecule is Nc1c(I)cccc1-c1ccccc1. The lowest BCUT2D eigenvalue weighted by molar-refractivity contribution is 1.58. The van der Waals surface area contributed by atoms with Crippen molar-refractivity contribution in [1.82, 2.24) is 0 Å². The maximum absolute atomic E-state index is 6.01. The lowest BCUT2D eigenvalue weighted by Crippen LogP contribution is -1.92. The van der Waals surface area contributed by atoms with E-state index in [9.17, 15) is 0 Å². The van der Waals surface area contributed by atoms with E-state index < -0.39 is 0 Å². The van der Waals surface area contributed by atoms with E-state index in [0.717, 1.165) is 14.8 Å². The van der Waals surface area contributed by atoms with Gasteiger partial charge in [-0.25, -0.2) is 0 Å². The zero-order valence-corrected chi connectivity index (χ0v) is 9.73. The van der Waals surface area contributed by atoms with E-state index >= 15 is 0 Å². The van der Waals surface area contributed by atoms with Gasteiger partial charge in [-0.1, -0.05) is 42.5 Å². The molecule has 0 aliphatic carbocycles. The molecule has 0 saturated carbocycles. The van der Waals surface area contributed by atoms with Gasteiger partial charge >= 0.3 is 0 Å². The monoisotopic (exact) mass is 295 g/mol. The fourth-order valence-electron chi connectivity index (χ4n) is 1.41. The highest BCUT2D eigenvalue weighted by atomic mass is 127. The summed E-state index contributed by atoms with van der Waals surface area (Å²) in [7, 11) is 0. The zero-order valence-electron chi connectivity index (χ0n) is 7.57. The Morgan fingerprint density at radius 2 is 1.57 bits per heavy atom. The highest BCUT2D eigenvalue weighted by molar-refractivity contribution is 14.1. The number of hydrogen-bond donors (Lipinski definition) is 1. The topological polar surface area (TPSA) is 26.0 Å². The minimum absolute atomic E-state index is 0.860. The zero-order chi connectivity index (χ0) is 9.97. The van der Waals surface area contributed by atoms with Gasteiger partial charge in [0.1, 0.15) is 0 Å². The minimum atomic E-state index is 0.860. The molecule has 2 heteroatoms. The Morgan fingerprint density at radius 1 is 0.857 bits per heavy atom. The summed E-state index contributed by atoms with van der Waals surface area (Å²) < 4.78 is 1.10. The third-order valence-electron chi connectivity index (χ3n) is 2.14. The highest BCUT2D eigenvalue weighted by Crippen LogP contribution is 2.28. The summed E-state index contributed by atoms with van der Waals surface area (Å²) in [5, 5.41) is 0. The summed E-state index contributed by atoms with van der Waals surface area (Å²) in [5.74, 6) is 0. The number of nitrogens with two attached hydrogens (primary N) is 1. The van der Waals surface area contributed by atoms with E-state index in [0.29, 0.717) is 0 Å². The summed E-state index contributed by atoms with van der Waals surface area (Å²) in [6.07, 6.45) is 0. The molecular weight excluding hydrogens is 285 g/mol. The van der Waals surface area contributed by atoms with Crippen LogP contribution in [-0.4, -0.2) is 0 Å².